The summed E-state index contributed by atoms with van der Waals surface area (Å²) >= 11 is 0. The summed E-state index contributed by atoms with van der Waals surface area (Å²) in [7, 11) is 0. The van der Waals surface area contributed by atoms with Crippen LogP contribution in [0.4, 0.5) is 0 Å². The Kier molecular flexibility index (Phi) is 1.81. The molecule has 0 fully saturated rings. The van der Waals surface area contributed by atoms with Gasteiger partial charge in [0.1, 0.15) is 5.75 Å². The summed E-state index contributed by atoms with van der Waals surface area (Å²) in [6, 6.07) is 7.00. The first-order chi connectivity index (χ1) is 6.70. The molecule has 1 aromatic heterocycles. The van der Waals surface area contributed by atoms with Crippen LogP contribution in [0.5, 0.6) is 5.75 Å². The lowest BCUT2D eigenvalue weighted by Gasteiger charge is -2.03. The van der Waals surface area contributed by atoms with Gasteiger partial charge in [0.25, 0.3) is 5.91 Å². The summed E-state index contributed by atoms with van der Waals surface area (Å²) in [5.41, 5.74) is 5.75. The van der Waals surface area contributed by atoms with Gasteiger partial charge in [0.2, 0.25) is 0 Å². The van der Waals surface area contributed by atoms with E-state index in [9.17, 15) is 9.90 Å². The number of carbonyl (C=O) groups is 1. The lowest BCUT2D eigenvalue weighted by Crippen LogP contribution is -2.11. The van der Waals surface area contributed by atoms with Crippen molar-refractivity contribution in [2.75, 3.05) is 0 Å². The fraction of sp³-hybridized carbons (Fsp3) is 0. The van der Waals surface area contributed by atoms with Crippen LogP contribution in [0.2, 0.25) is 0 Å². The molecular formula is C10H8N2O2. The Morgan fingerprint density at radius 3 is 2.79 bits per heavy atom. The smallest absolute Gasteiger partial charge is 0.254 e. The molecule has 70 valence electrons. The molecule has 3 N–H and O–H groups in total. The number of nitrogens with two attached hydrogens (primary N) is 1. The Morgan fingerprint density at radius 2 is 2.07 bits per heavy atom. The predicted molar refractivity (Wildman–Crippen MR) is 51.9 cm³/mol. The van der Waals surface area contributed by atoms with E-state index >= 15 is 0 Å². The van der Waals surface area contributed by atoms with E-state index in [0.29, 0.717) is 10.9 Å². The van der Waals surface area contributed by atoms with Crippen LogP contribution in [0.1, 0.15) is 10.4 Å². The van der Waals surface area contributed by atoms with Gasteiger partial charge in [0, 0.05) is 11.6 Å². The van der Waals surface area contributed by atoms with Crippen LogP contribution >= 0.6 is 0 Å². The molecule has 0 aliphatic carbocycles. The second-order valence-electron chi connectivity index (χ2n) is 2.90. The van der Waals surface area contributed by atoms with Crippen molar-refractivity contribution in [3.8, 4) is 5.75 Å². The molecule has 4 heteroatoms. The average Bonchev–Trinajstić information content (AvgIpc) is 2.18. The summed E-state index contributed by atoms with van der Waals surface area (Å²) in [4.78, 5) is 14.9. The van der Waals surface area contributed by atoms with Crippen LogP contribution in [-0.4, -0.2) is 16.0 Å². The van der Waals surface area contributed by atoms with Crippen molar-refractivity contribution in [1.29, 1.82) is 0 Å². The number of hydrogen-bond acceptors (Lipinski definition) is 3. The van der Waals surface area contributed by atoms with Crippen molar-refractivity contribution >= 4 is 16.8 Å². The predicted octanol–water partition coefficient (Wildman–Crippen LogP) is 1.04. The number of nitrogens with zero attached hydrogens (tertiary/aromatic N) is 1. The molecule has 14 heavy (non-hydrogen) atoms. The van der Waals surface area contributed by atoms with Gasteiger partial charge in [-0.3, -0.25) is 9.78 Å². The van der Waals surface area contributed by atoms with Gasteiger partial charge in [-0.15, -0.1) is 0 Å². The summed E-state index contributed by atoms with van der Waals surface area (Å²) < 4.78 is 0. The van der Waals surface area contributed by atoms with E-state index in [0.717, 1.165) is 0 Å². The Morgan fingerprint density at radius 1 is 1.36 bits per heavy atom. The highest BCUT2D eigenvalue weighted by Gasteiger charge is 2.10. The van der Waals surface area contributed by atoms with E-state index in [-0.39, 0.29) is 11.3 Å². The van der Waals surface area contributed by atoms with Gasteiger partial charge in [-0.05, 0) is 12.1 Å². The third kappa shape index (κ3) is 1.17. The fourth-order valence-electron chi connectivity index (χ4n) is 1.31. The Labute approximate surface area is 80.0 Å². The minimum Gasteiger partial charge on any atom is -0.506 e. The van der Waals surface area contributed by atoms with Gasteiger partial charge in [0.05, 0.1) is 11.1 Å². The molecule has 0 aliphatic heterocycles. The number of para-hydroxylation sites is 1. The maximum atomic E-state index is 10.9. The van der Waals surface area contributed by atoms with E-state index < -0.39 is 5.91 Å². The second kappa shape index (κ2) is 2.99. The van der Waals surface area contributed by atoms with Crippen LogP contribution in [0.25, 0.3) is 10.9 Å². The normalized spacial score (nSPS) is 10.3. The maximum absolute atomic E-state index is 10.9. The minimum absolute atomic E-state index is 0.0451. The SMILES string of the molecule is NC(=O)c1cnc2ccccc2c1O. The topological polar surface area (TPSA) is 76.2 Å². The number of benzene rings is 1. The van der Waals surface area contributed by atoms with Crippen molar-refractivity contribution < 1.29 is 9.90 Å². The molecule has 0 spiro atoms. The van der Waals surface area contributed by atoms with Crippen LogP contribution in [0, 0.1) is 0 Å². The van der Waals surface area contributed by atoms with Crippen LogP contribution in [0.3, 0.4) is 0 Å². The third-order valence-electron chi connectivity index (χ3n) is 2.01. The highest BCUT2D eigenvalue weighted by Crippen LogP contribution is 2.25. The van der Waals surface area contributed by atoms with Crippen molar-refractivity contribution in [1.82, 2.24) is 4.98 Å². The Bertz CT molecular complexity index is 508. The van der Waals surface area contributed by atoms with Gasteiger partial charge in [-0.1, -0.05) is 12.1 Å². The highest BCUT2D eigenvalue weighted by atomic mass is 16.3. The number of carbonyl (C=O) groups excluding carboxylic acids is 1. The molecule has 0 saturated carbocycles. The van der Waals surface area contributed by atoms with E-state index in [1.54, 1.807) is 24.3 Å². The van der Waals surface area contributed by atoms with E-state index in [4.69, 9.17) is 5.73 Å². The number of fused-ring (bicyclic) bond motifs is 1. The summed E-state index contributed by atoms with van der Waals surface area (Å²) in [6.45, 7) is 0. The van der Waals surface area contributed by atoms with E-state index in [1.807, 2.05) is 0 Å². The summed E-state index contributed by atoms with van der Waals surface area (Å²) in [5, 5.41) is 10.2. The first-order valence-corrected chi connectivity index (χ1v) is 4.06. The molecule has 0 saturated heterocycles. The number of pyridine rings is 1. The minimum atomic E-state index is -0.680. The van der Waals surface area contributed by atoms with Gasteiger partial charge in [0.15, 0.2) is 0 Å². The molecule has 1 heterocycles. The van der Waals surface area contributed by atoms with E-state index in [2.05, 4.69) is 4.98 Å². The first kappa shape index (κ1) is 8.50. The number of aromatic hydroxyl groups is 1. The number of rotatable bonds is 1. The lowest BCUT2D eigenvalue weighted by molar-refractivity contribution is 0.0997. The molecule has 0 radical (unpaired) electrons. The van der Waals surface area contributed by atoms with Gasteiger partial charge in [-0.25, -0.2) is 0 Å². The highest BCUT2D eigenvalue weighted by molar-refractivity contribution is 6.01. The number of primary amides is 1. The largest absolute Gasteiger partial charge is 0.506 e. The second-order valence-corrected chi connectivity index (χ2v) is 2.90. The zero-order valence-corrected chi connectivity index (χ0v) is 7.27. The van der Waals surface area contributed by atoms with Crippen molar-refractivity contribution in [3.05, 3.63) is 36.0 Å². The third-order valence-corrected chi connectivity index (χ3v) is 2.01. The van der Waals surface area contributed by atoms with Gasteiger partial charge < -0.3 is 10.8 Å². The molecule has 2 aromatic rings. The fourth-order valence-corrected chi connectivity index (χ4v) is 1.31. The Hall–Kier alpha value is -2.10. The maximum Gasteiger partial charge on any atom is 0.254 e. The van der Waals surface area contributed by atoms with Gasteiger partial charge in [-0.2, -0.15) is 0 Å². The molecule has 0 atom stereocenters. The molecule has 0 bridgehead atoms. The number of aromatic nitrogens is 1. The van der Waals surface area contributed by atoms with Crippen LogP contribution in [0.15, 0.2) is 30.5 Å². The number of amides is 1. The summed E-state index contributed by atoms with van der Waals surface area (Å²) in [6.07, 6.45) is 1.28. The van der Waals surface area contributed by atoms with E-state index in [1.165, 1.54) is 6.20 Å². The van der Waals surface area contributed by atoms with Crippen LogP contribution in [-0.2, 0) is 0 Å². The van der Waals surface area contributed by atoms with Crippen LogP contribution < -0.4 is 5.73 Å². The molecule has 1 aromatic carbocycles. The Balaban J connectivity index is 2.81. The molecule has 0 aliphatic rings. The standard InChI is InChI=1S/C10H8N2O2/c11-10(14)7-5-12-8-4-2-1-3-6(8)9(7)13/h1-5H,(H2,11,14)(H,12,13). The zero-order valence-electron chi connectivity index (χ0n) is 7.27. The quantitative estimate of drug-likeness (QED) is 0.701. The lowest BCUT2D eigenvalue weighted by atomic mass is 10.1. The van der Waals surface area contributed by atoms with Crippen molar-refractivity contribution in [3.63, 3.8) is 0 Å². The summed E-state index contributed by atoms with van der Waals surface area (Å²) in [5.74, 6) is -0.788. The van der Waals surface area contributed by atoms with Gasteiger partial charge >= 0.3 is 0 Å². The molecule has 1 amide bonds. The average molecular weight is 188 g/mol. The molecule has 2 rings (SSSR count). The van der Waals surface area contributed by atoms with Crippen molar-refractivity contribution in [2.24, 2.45) is 5.73 Å². The molecule has 0 unspecified atom stereocenters. The van der Waals surface area contributed by atoms with Crippen molar-refractivity contribution in [2.45, 2.75) is 0 Å². The zero-order chi connectivity index (χ0) is 10.1. The molecule has 4 nitrogen and oxygen atoms in total. The first-order valence-electron chi connectivity index (χ1n) is 4.06. The number of hydrogen-bond donors (Lipinski definition) is 2. The monoisotopic (exact) mass is 188 g/mol. The molecular weight excluding hydrogens is 180 g/mol.